The second-order valence-corrected chi connectivity index (χ2v) is 5.34. The summed E-state index contributed by atoms with van der Waals surface area (Å²) in [5.41, 5.74) is 8.96. The first-order valence-corrected chi connectivity index (χ1v) is 6.43. The quantitative estimate of drug-likeness (QED) is 0.568. The summed E-state index contributed by atoms with van der Waals surface area (Å²) in [6.45, 7) is 7.20. The van der Waals surface area contributed by atoms with Crippen molar-refractivity contribution >= 4 is 43.2 Å². The van der Waals surface area contributed by atoms with Gasteiger partial charge in [-0.15, -0.1) is 0 Å². The number of anilines is 1. The van der Waals surface area contributed by atoms with Crippen molar-refractivity contribution in [3.05, 3.63) is 56.8 Å². The van der Waals surface area contributed by atoms with Gasteiger partial charge in [0.15, 0.2) is 5.69 Å². The SMILES string of the molecule is [C-]#[N+]c1cc(Br)ccc1-c1ccc(Br)cc1N. The number of nitrogens with two attached hydrogens (primary N) is 1. The lowest BCUT2D eigenvalue weighted by Crippen LogP contribution is -1.90. The molecule has 0 heterocycles. The monoisotopic (exact) mass is 350 g/mol. The Hall–Kier alpha value is -1.31. The van der Waals surface area contributed by atoms with Crippen LogP contribution in [0, 0.1) is 6.57 Å². The van der Waals surface area contributed by atoms with Crippen molar-refractivity contribution in [3.63, 3.8) is 0 Å². The minimum absolute atomic E-state index is 0.591. The standard InChI is InChI=1S/C13H8Br2N2/c1-17-13-7-9(15)3-5-11(13)10-4-2-8(14)6-12(10)16/h2-7H,16H2. The predicted octanol–water partition coefficient (Wildman–Crippen LogP) is 5.01. The maximum atomic E-state index is 7.20. The van der Waals surface area contributed by atoms with E-state index in [2.05, 4.69) is 36.7 Å². The molecule has 0 saturated carbocycles. The van der Waals surface area contributed by atoms with Gasteiger partial charge in [-0.05, 0) is 35.4 Å². The van der Waals surface area contributed by atoms with Crippen molar-refractivity contribution in [2.75, 3.05) is 5.73 Å². The summed E-state index contributed by atoms with van der Waals surface area (Å²) >= 11 is 6.73. The number of nitrogens with zero attached hydrogens (tertiary/aromatic N) is 1. The van der Waals surface area contributed by atoms with Gasteiger partial charge in [0.05, 0.1) is 6.57 Å². The fourth-order valence-corrected chi connectivity index (χ4v) is 2.33. The van der Waals surface area contributed by atoms with Gasteiger partial charge >= 0.3 is 0 Å². The first kappa shape index (κ1) is 12.2. The number of benzene rings is 2. The van der Waals surface area contributed by atoms with E-state index in [9.17, 15) is 0 Å². The maximum Gasteiger partial charge on any atom is 0.196 e. The second kappa shape index (κ2) is 4.91. The van der Waals surface area contributed by atoms with Crippen LogP contribution in [0.3, 0.4) is 0 Å². The number of rotatable bonds is 1. The maximum absolute atomic E-state index is 7.20. The van der Waals surface area contributed by atoms with Gasteiger partial charge in [-0.25, -0.2) is 4.85 Å². The molecule has 0 fully saturated rings. The Bertz CT molecular complexity index is 615. The van der Waals surface area contributed by atoms with Crippen LogP contribution in [0.25, 0.3) is 16.0 Å². The van der Waals surface area contributed by atoms with E-state index in [4.69, 9.17) is 12.3 Å². The molecule has 2 aromatic rings. The molecular formula is C13H8Br2N2. The molecule has 0 saturated heterocycles. The van der Waals surface area contributed by atoms with E-state index >= 15 is 0 Å². The zero-order valence-corrected chi connectivity index (χ0v) is 11.9. The van der Waals surface area contributed by atoms with Crippen molar-refractivity contribution in [2.45, 2.75) is 0 Å². The van der Waals surface area contributed by atoms with E-state index in [-0.39, 0.29) is 0 Å². The molecule has 84 valence electrons. The summed E-state index contributed by atoms with van der Waals surface area (Å²) in [5.74, 6) is 0. The van der Waals surface area contributed by atoms with E-state index in [0.29, 0.717) is 11.4 Å². The van der Waals surface area contributed by atoms with Crippen molar-refractivity contribution in [2.24, 2.45) is 0 Å². The van der Waals surface area contributed by atoms with Crippen LogP contribution in [-0.4, -0.2) is 0 Å². The summed E-state index contributed by atoms with van der Waals surface area (Å²) < 4.78 is 1.82. The summed E-state index contributed by atoms with van der Waals surface area (Å²) in [7, 11) is 0. The highest BCUT2D eigenvalue weighted by Gasteiger charge is 2.08. The van der Waals surface area contributed by atoms with Crippen molar-refractivity contribution < 1.29 is 0 Å². The van der Waals surface area contributed by atoms with Crippen LogP contribution in [-0.2, 0) is 0 Å². The average molecular weight is 352 g/mol. The molecule has 0 aliphatic carbocycles. The normalized spacial score (nSPS) is 9.94. The minimum atomic E-state index is 0.591. The third kappa shape index (κ3) is 2.51. The molecule has 2 aromatic carbocycles. The van der Waals surface area contributed by atoms with Crippen molar-refractivity contribution in [1.82, 2.24) is 0 Å². The molecular weight excluding hydrogens is 344 g/mol. The van der Waals surface area contributed by atoms with E-state index < -0.39 is 0 Å². The van der Waals surface area contributed by atoms with Gasteiger partial charge in [-0.3, -0.25) is 0 Å². The molecule has 2 rings (SSSR count). The third-order valence-electron chi connectivity index (χ3n) is 2.38. The molecule has 4 heteroatoms. The smallest absolute Gasteiger partial charge is 0.196 e. The van der Waals surface area contributed by atoms with Crippen LogP contribution < -0.4 is 5.73 Å². The molecule has 0 bridgehead atoms. The fourth-order valence-electron chi connectivity index (χ4n) is 1.60. The number of nitrogen functional groups attached to an aromatic ring is 1. The third-order valence-corrected chi connectivity index (χ3v) is 3.37. The highest BCUT2D eigenvalue weighted by molar-refractivity contribution is 9.10. The van der Waals surface area contributed by atoms with Crippen molar-refractivity contribution in [3.8, 4) is 11.1 Å². The lowest BCUT2D eigenvalue weighted by molar-refractivity contribution is 1.58. The van der Waals surface area contributed by atoms with Crippen LogP contribution in [0.5, 0.6) is 0 Å². The highest BCUT2D eigenvalue weighted by atomic mass is 79.9. The van der Waals surface area contributed by atoms with E-state index in [1.165, 1.54) is 0 Å². The van der Waals surface area contributed by atoms with Gasteiger partial charge < -0.3 is 5.73 Å². The van der Waals surface area contributed by atoms with Crippen LogP contribution in [0.15, 0.2) is 45.3 Å². The van der Waals surface area contributed by atoms with Crippen molar-refractivity contribution in [1.29, 1.82) is 0 Å². The summed E-state index contributed by atoms with van der Waals surface area (Å²) in [6, 6.07) is 11.3. The molecule has 0 unspecified atom stereocenters. The molecule has 0 aromatic heterocycles. The molecule has 0 radical (unpaired) electrons. The second-order valence-electron chi connectivity index (χ2n) is 3.50. The molecule has 0 amide bonds. The van der Waals surface area contributed by atoms with Gasteiger partial charge in [0.2, 0.25) is 0 Å². The summed E-state index contributed by atoms with van der Waals surface area (Å²) in [6.07, 6.45) is 0. The lowest BCUT2D eigenvalue weighted by atomic mass is 10.0. The summed E-state index contributed by atoms with van der Waals surface area (Å²) in [4.78, 5) is 3.52. The minimum Gasteiger partial charge on any atom is -0.398 e. The Morgan fingerprint density at radius 1 is 0.941 bits per heavy atom. The average Bonchev–Trinajstić information content (AvgIpc) is 2.30. The Kier molecular flexibility index (Phi) is 3.51. The van der Waals surface area contributed by atoms with Crippen LogP contribution in [0.1, 0.15) is 0 Å². The molecule has 17 heavy (non-hydrogen) atoms. The molecule has 2 nitrogen and oxygen atoms in total. The molecule has 2 N–H and O–H groups in total. The zero-order valence-electron chi connectivity index (χ0n) is 8.74. The predicted molar refractivity (Wildman–Crippen MR) is 78.0 cm³/mol. The topological polar surface area (TPSA) is 30.4 Å². The zero-order chi connectivity index (χ0) is 12.4. The Morgan fingerprint density at radius 3 is 2.12 bits per heavy atom. The Morgan fingerprint density at radius 2 is 1.53 bits per heavy atom. The molecule has 0 atom stereocenters. The molecule has 0 aliphatic heterocycles. The van der Waals surface area contributed by atoms with Crippen LogP contribution in [0.4, 0.5) is 11.4 Å². The largest absolute Gasteiger partial charge is 0.398 e. The van der Waals surface area contributed by atoms with E-state index in [1.54, 1.807) is 6.07 Å². The van der Waals surface area contributed by atoms with E-state index in [1.807, 2.05) is 30.3 Å². The number of hydrogen-bond donors (Lipinski definition) is 1. The molecule has 0 spiro atoms. The van der Waals surface area contributed by atoms with Gasteiger partial charge in [-0.2, -0.15) is 0 Å². The Balaban J connectivity index is 2.65. The van der Waals surface area contributed by atoms with Crippen LogP contribution in [0.2, 0.25) is 0 Å². The fraction of sp³-hybridized carbons (Fsp3) is 0. The lowest BCUT2D eigenvalue weighted by Gasteiger charge is -2.08. The Labute approximate surface area is 117 Å². The molecule has 0 aliphatic rings. The number of hydrogen-bond acceptors (Lipinski definition) is 1. The van der Waals surface area contributed by atoms with Gasteiger partial charge in [0.1, 0.15) is 0 Å². The number of halogens is 2. The highest BCUT2D eigenvalue weighted by Crippen LogP contribution is 2.36. The van der Waals surface area contributed by atoms with E-state index in [0.717, 1.165) is 20.1 Å². The van der Waals surface area contributed by atoms with Gasteiger partial charge in [-0.1, -0.05) is 44.0 Å². The van der Waals surface area contributed by atoms with Crippen LogP contribution >= 0.6 is 31.9 Å². The first-order chi connectivity index (χ1) is 8.11. The summed E-state index contributed by atoms with van der Waals surface area (Å²) in [5, 5.41) is 0. The first-order valence-electron chi connectivity index (χ1n) is 4.84. The van der Waals surface area contributed by atoms with Gasteiger partial charge in [0, 0.05) is 14.6 Å². The van der Waals surface area contributed by atoms with Gasteiger partial charge in [0.25, 0.3) is 0 Å².